The maximum absolute atomic E-state index is 4.35. The van der Waals surface area contributed by atoms with Crippen LogP contribution in [0, 0.1) is 0 Å². The number of hydrogen-bond donors (Lipinski definition) is 0. The van der Waals surface area contributed by atoms with E-state index in [1.807, 2.05) is 0 Å². The van der Waals surface area contributed by atoms with E-state index in [0.29, 0.717) is 4.20 Å². The van der Waals surface area contributed by atoms with E-state index < -0.39 is 0 Å². The molecule has 0 fully saturated rings. The molecule has 0 nitrogen and oxygen atoms in total. The second-order valence-corrected chi connectivity index (χ2v) is 1.81. The van der Waals surface area contributed by atoms with Crippen LogP contribution in [0.15, 0.2) is 0 Å². The smallest absolute Gasteiger partial charge is 0.0862 e. The van der Waals surface area contributed by atoms with E-state index in [0.717, 1.165) is 0 Å². The van der Waals surface area contributed by atoms with Crippen LogP contribution in [0.25, 0.3) is 0 Å². The Kier molecular flexibility index (Phi) is 2.84. The zero-order chi connectivity index (χ0) is 4.28. The second kappa shape index (κ2) is 2.63. The van der Waals surface area contributed by atoms with Crippen LogP contribution in [0.3, 0.4) is 0 Å². The summed E-state index contributed by atoms with van der Waals surface area (Å²) in [5, 5.41) is 1.30. The molecule has 0 atom stereocenters. The van der Waals surface area contributed by atoms with E-state index in [1.54, 1.807) is 0 Å². The van der Waals surface area contributed by atoms with Crippen molar-refractivity contribution in [2.45, 2.75) is 0 Å². The van der Waals surface area contributed by atoms with Crippen molar-refractivity contribution in [2.24, 2.45) is 0 Å². The number of hydrogen-bond acceptors (Lipinski definition) is 2. The van der Waals surface area contributed by atoms with Crippen LogP contribution in [-0.2, 0) is 0 Å². The molecule has 0 aromatic carbocycles. The summed E-state index contributed by atoms with van der Waals surface area (Å²) < 4.78 is 0.361. The lowest BCUT2D eigenvalue weighted by Gasteiger charge is -1.61. The first kappa shape index (κ1) is 5.40. The maximum atomic E-state index is 4.35. The van der Waals surface area contributed by atoms with Crippen LogP contribution in [0.1, 0.15) is 0 Å². The molecular weight excluding hydrogens is 120 g/mol. The summed E-state index contributed by atoms with van der Waals surface area (Å²) in [6, 6.07) is 0. The van der Waals surface area contributed by atoms with Gasteiger partial charge in [0.1, 0.15) is 4.20 Å². The largest absolute Gasteiger partial charge is 0.111 e. The van der Waals surface area contributed by atoms with E-state index in [1.165, 1.54) is 5.37 Å². The van der Waals surface area contributed by atoms with Gasteiger partial charge in [-0.1, -0.05) is 37.1 Å². The highest BCUT2D eigenvalue weighted by molar-refractivity contribution is 8.15. The van der Waals surface area contributed by atoms with Crippen LogP contribution in [0.2, 0.25) is 0 Å². The van der Waals surface area contributed by atoms with Crippen molar-refractivity contribution in [3.8, 4) is 0 Å². The predicted octanol–water partition coefficient (Wildman–Crippen LogP) is 1.51. The van der Waals surface area contributed by atoms with Crippen LogP contribution in [0.4, 0.5) is 0 Å². The molecular formula is C2HS3. The summed E-state index contributed by atoms with van der Waals surface area (Å²) in [6.45, 7) is 0. The molecule has 27 valence electrons. The fraction of sp³-hybridized carbons (Fsp3) is 0. The van der Waals surface area contributed by atoms with Gasteiger partial charge in [-0.15, -0.1) is 0 Å². The molecule has 1 radical (unpaired) electrons. The van der Waals surface area contributed by atoms with E-state index >= 15 is 0 Å². The quantitative estimate of drug-likeness (QED) is 0.482. The minimum absolute atomic E-state index is 0.361. The van der Waals surface area contributed by atoms with E-state index in [4.69, 9.17) is 0 Å². The molecule has 0 aromatic heterocycles. The Morgan fingerprint density at radius 3 is 1.80 bits per heavy atom. The Balaban J connectivity index is 3.20. The molecule has 0 N–H and O–H groups in total. The Morgan fingerprint density at radius 1 is 1.60 bits per heavy atom. The van der Waals surface area contributed by atoms with Gasteiger partial charge in [-0.2, -0.15) is 0 Å². The van der Waals surface area contributed by atoms with Crippen molar-refractivity contribution in [3.05, 3.63) is 0 Å². The normalized spacial score (nSPS) is 6.40. The summed E-state index contributed by atoms with van der Waals surface area (Å²) in [5.41, 5.74) is 0. The van der Waals surface area contributed by atoms with Gasteiger partial charge < -0.3 is 0 Å². The highest BCUT2D eigenvalue weighted by Crippen LogP contribution is 1.74. The molecule has 5 heavy (non-hydrogen) atoms. The summed E-state index contributed by atoms with van der Waals surface area (Å²) in [5.74, 6) is 0. The third kappa shape index (κ3) is 4.40. The molecule has 0 aliphatic carbocycles. The molecule has 0 saturated heterocycles. The number of thiocarbonyl (C=S) groups is 2. The highest BCUT2D eigenvalue weighted by atomic mass is 32.1. The SMILES string of the molecule is [S]C(=S)C=S. The maximum Gasteiger partial charge on any atom is 0.111 e. The monoisotopic (exact) mass is 121 g/mol. The Labute approximate surface area is 47.0 Å². The zero-order valence-corrected chi connectivity index (χ0v) is 4.75. The Morgan fingerprint density at radius 2 is 1.80 bits per heavy atom. The fourth-order valence-electron chi connectivity index (χ4n) is 0. The molecule has 0 spiro atoms. The first-order valence-corrected chi connectivity index (χ1v) is 2.22. The molecule has 0 rings (SSSR count). The molecule has 0 heterocycles. The third-order valence-electron chi connectivity index (χ3n) is 0.0962. The lowest BCUT2D eigenvalue weighted by atomic mass is 11.0. The third-order valence-corrected chi connectivity index (χ3v) is 0.866. The second-order valence-electron chi connectivity index (χ2n) is 0.437. The topological polar surface area (TPSA) is 0 Å². The lowest BCUT2D eigenvalue weighted by Crippen LogP contribution is -1.72. The van der Waals surface area contributed by atoms with Crippen molar-refractivity contribution in [1.82, 2.24) is 0 Å². The van der Waals surface area contributed by atoms with Crippen molar-refractivity contribution in [2.75, 3.05) is 0 Å². The van der Waals surface area contributed by atoms with Crippen molar-refractivity contribution in [1.29, 1.82) is 0 Å². The van der Waals surface area contributed by atoms with Gasteiger partial charge in [0.05, 0.1) is 0 Å². The van der Waals surface area contributed by atoms with Gasteiger partial charge >= 0.3 is 0 Å². The molecule has 0 aromatic rings. The minimum Gasteiger partial charge on any atom is -0.0862 e. The molecule has 0 aliphatic heterocycles. The minimum atomic E-state index is 0.361. The standard InChI is InChI=1S/C2HS3/c3-1-2(4)5/h1H. The van der Waals surface area contributed by atoms with Crippen molar-refractivity contribution in [3.63, 3.8) is 0 Å². The summed E-state index contributed by atoms with van der Waals surface area (Å²) in [7, 11) is 0. The van der Waals surface area contributed by atoms with Crippen molar-refractivity contribution < 1.29 is 0 Å². The van der Waals surface area contributed by atoms with Gasteiger partial charge in [-0.3, -0.25) is 0 Å². The summed E-state index contributed by atoms with van der Waals surface area (Å²) in [4.78, 5) is 0. The zero-order valence-electron chi connectivity index (χ0n) is 2.30. The Bertz CT molecular complexity index is 55.9. The van der Waals surface area contributed by atoms with Gasteiger partial charge in [0.2, 0.25) is 0 Å². The molecule has 0 aliphatic rings. The highest BCUT2D eigenvalue weighted by Gasteiger charge is 1.69. The predicted molar refractivity (Wildman–Crippen MR) is 33.8 cm³/mol. The van der Waals surface area contributed by atoms with E-state index in [-0.39, 0.29) is 0 Å². The average Bonchev–Trinajstić information content (AvgIpc) is 1.38. The molecule has 0 unspecified atom stereocenters. The van der Waals surface area contributed by atoms with Crippen LogP contribution < -0.4 is 0 Å². The molecule has 0 saturated carbocycles. The van der Waals surface area contributed by atoms with Gasteiger partial charge in [-0.25, -0.2) is 0 Å². The summed E-state index contributed by atoms with van der Waals surface area (Å²) >= 11 is 13.0. The van der Waals surface area contributed by atoms with Gasteiger partial charge in [0, 0.05) is 5.37 Å². The first-order chi connectivity index (χ1) is 2.27. The van der Waals surface area contributed by atoms with Crippen molar-refractivity contribution >= 4 is 46.6 Å². The van der Waals surface area contributed by atoms with Crippen LogP contribution >= 0.6 is 37.1 Å². The Hall–Kier alpha value is 0.400. The van der Waals surface area contributed by atoms with Gasteiger partial charge in [0.25, 0.3) is 0 Å². The van der Waals surface area contributed by atoms with Gasteiger partial charge in [0.15, 0.2) is 0 Å². The van der Waals surface area contributed by atoms with E-state index in [2.05, 4.69) is 37.1 Å². The molecule has 0 amide bonds. The van der Waals surface area contributed by atoms with Crippen LogP contribution in [0.5, 0.6) is 0 Å². The lowest BCUT2D eigenvalue weighted by molar-refractivity contribution is 3.74. The molecule has 3 heteroatoms. The first-order valence-electron chi connectivity index (χ1n) is 0.933. The average molecular weight is 121 g/mol. The van der Waals surface area contributed by atoms with Gasteiger partial charge in [-0.05, 0) is 0 Å². The summed E-state index contributed by atoms with van der Waals surface area (Å²) in [6.07, 6.45) is 0. The van der Waals surface area contributed by atoms with Crippen LogP contribution in [-0.4, -0.2) is 9.56 Å². The fourth-order valence-corrected chi connectivity index (χ4v) is 0. The number of rotatable bonds is 1. The molecule has 0 bridgehead atoms. The van der Waals surface area contributed by atoms with E-state index in [9.17, 15) is 0 Å².